The molecule has 1 atom stereocenters. The van der Waals surface area contributed by atoms with Crippen molar-refractivity contribution in [1.82, 2.24) is 10.6 Å². The minimum Gasteiger partial charge on any atom is -0.497 e. The number of carbonyl (C=O) groups is 2. The van der Waals surface area contributed by atoms with Crippen molar-refractivity contribution in [3.05, 3.63) is 70.9 Å². The number of carbonyl (C=O) groups excluding carboxylic acids is 2. The summed E-state index contributed by atoms with van der Waals surface area (Å²) in [6.07, 6.45) is 0. The van der Waals surface area contributed by atoms with E-state index < -0.39 is 12.0 Å². The summed E-state index contributed by atoms with van der Waals surface area (Å²) in [5.41, 5.74) is 3.54. The molecular formula is C22H25N3O4. The van der Waals surface area contributed by atoms with Crippen molar-refractivity contribution in [3.63, 3.8) is 0 Å². The normalized spacial score (nSPS) is 16.0. The molecule has 1 aliphatic rings. The number of benzene rings is 2. The molecule has 0 radical (unpaired) electrons. The lowest BCUT2D eigenvalue weighted by Crippen LogP contribution is -2.45. The van der Waals surface area contributed by atoms with E-state index in [1.165, 1.54) is 0 Å². The second kappa shape index (κ2) is 8.68. The van der Waals surface area contributed by atoms with Crippen LogP contribution in [0.1, 0.15) is 24.1 Å². The van der Waals surface area contributed by atoms with Gasteiger partial charge in [-0.15, -0.1) is 0 Å². The van der Waals surface area contributed by atoms with Crippen molar-refractivity contribution in [2.75, 3.05) is 26.1 Å². The number of hydrogen-bond donors (Lipinski definition) is 2. The van der Waals surface area contributed by atoms with E-state index in [9.17, 15) is 9.59 Å². The molecule has 7 nitrogen and oxygen atoms in total. The van der Waals surface area contributed by atoms with Crippen LogP contribution in [0.4, 0.5) is 10.5 Å². The van der Waals surface area contributed by atoms with Crippen molar-refractivity contribution in [2.24, 2.45) is 0 Å². The Hall–Kier alpha value is -3.48. The molecule has 7 heteroatoms. The van der Waals surface area contributed by atoms with E-state index >= 15 is 0 Å². The molecule has 2 aromatic rings. The second-order valence-electron chi connectivity index (χ2n) is 6.98. The van der Waals surface area contributed by atoms with Crippen molar-refractivity contribution in [2.45, 2.75) is 19.6 Å². The van der Waals surface area contributed by atoms with Gasteiger partial charge >= 0.3 is 12.0 Å². The van der Waals surface area contributed by atoms with Crippen molar-refractivity contribution < 1.29 is 19.1 Å². The molecule has 0 aromatic heterocycles. The van der Waals surface area contributed by atoms with Gasteiger partial charge in [-0.3, -0.25) is 0 Å². The lowest BCUT2D eigenvalue weighted by atomic mass is 9.95. The fourth-order valence-corrected chi connectivity index (χ4v) is 3.13. The molecule has 0 bridgehead atoms. The number of urea groups is 1. The summed E-state index contributed by atoms with van der Waals surface area (Å²) in [6, 6.07) is 14.1. The van der Waals surface area contributed by atoms with E-state index in [0.717, 1.165) is 22.6 Å². The van der Waals surface area contributed by atoms with Crippen LogP contribution in [0.25, 0.3) is 0 Å². The molecule has 152 valence electrons. The highest BCUT2D eigenvalue weighted by molar-refractivity contribution is 5.95. The Kier molecular flexibility index (Phi) is 6.07. The first-order valence-electron chi connectivity index (χ1n) is 9.24. The number of esters is 1. The molecule has 0 unspecified atom stereocenters. The Morgan fingerprint density at radius 2 is 1.72 bits per heavy atom. The standard InChI is InChI=1S/C22H25N3O4/c1-14-19(21(26)29-13-15-5-11-18(28-4)12-6-15)20(24-22(27)23-14)16-7-9-17(10-8-16)25(2)3/h5-12,20H,13H2,1-4H3,(H2,23,24,27)/t20-/m1/s1. The van der Waals surface area contributed by atoms with Gasteiger partial charge in [-0.25, -0.2) is 9.59 Å². The number of ether oxygens (including phenoxy) is 2. The number of methoxy groups -OCH3 is 1. The number of allylic oxidation sites excluding steroid dienone is 1. The van der Waals surface area contributed by atoms with Gasteiger partial charge < -0.3 is 25.0 Å². The van der Waals surface area contributed by atoms with Crippen LogP contribution in [0.3, 0.4) is 0 Å². The van der Waals surface area contributed by atoms with Gasteiger partial charge in [-0.05, 0) is 42.3 Å². The zero-order valence-corrected chi connectivity index (χ0v) is 17.0. The molecule has 0 spiro atoms. The van der Waals surface area contributed by atoms with Gasteiger partial charge in [0.1, 0.15) is 12.4 Å². The first kappa shape index (κ1) is 20.3. The average Bonchev–Trinajstić information content (AvgIpc) is 2.72. The van der Waals surface area contributed by atoms with Gasteiger partial charge in [0.25, 0.3) is 0 Å². The predicted molar refractivity (Wildman–Crippen MR) is 111 cm³/mol. The minimum atomic E-state index is -0.580. The topological polar surface area (TPSA) is 79.9 Å². The van der Waals surface area contributed by atoms with Crippen LogP contribution in [0.2, 0.25) is 0 Å². The Morgan fingerprint density at radius 1 is 1.07 bits per heavy atom. The first-order chi connectivity index (χ1) is 13.9. The van der Waals surface area contributed by atoms with Gasteiger partial charge in [-0.2, -0.15) is 0 Å². The van der Waals surface area contributed by atoms with Gasteiger partial charge in [0, 0.05) is 25.5 Å². The molecule has 0 fully saturated rings. The number of nitrogens with one attached hydrogen (secondary N) is 2. The maximum absolute atomic E-state index is 12.9. The Balaban J connectivity index is 1.79. The van der Waals surface area contributed by atoms with Crippen LogP contribution in [-0.4, -0.2) is 33.2 Å². The number of nitrogens with zero attached hydrogens (tertiary/aromatic N) is 1. The van der Waals surface area contributed by atoms with Crippen molar-refractivity contribution in [3.8, 4) is 5.75 Å². The van der Waals surface area contributed by atoms with Crippen LogP contribution < -0.4 is 20.3 Å². The maximum atomic E-state index is 12.9. The van der Waals surface area contributed by atoms with Gasteiger partial charge in [0.15, 0.2) is 0 Å². The second-order valence-corrected chi connectivity index (χ2v) is 6.98. The summed E-state index contributed by atoms with van der Waals surface area (Å²) in [7, 11) is 5.50. The summed E-state index contributed by atoms with van der Waals surface area (Å²) < 4.78 is 10.7. The van der Waals surface area contributed by atoms with E-state index in [2.05, 4.69) is 10.6 Å². The van der Waals surface area contributed by atoms with Crippen molar-refractivity contribution in [1.29, 1.82) is 0 Å². The summed E-state index contributed by atoms with van der Waals surface area (Å²) in [5.74, 6) is 0.256. The van der Waals surface area contributed by atoms with E-state index in [4.69, 9.17) is 9.47 Å². The molecule has 1 aliphatic heterocycles. The Bertz CT molecular complexity index is 918. The largest absolute Gasteiger partial charge is 0.497 e. The molecular weight excluding hydrogens is 370 g/mol. The maximum Gasteiger partial charge on any atom is 0.338 e. The molecule has 29 heavy (non-hydrogen) atoms. The Labute approximate surface area is 170 Å². The predicted octanol–water partition coefficient (Wildman–Crippen LogP) is 3.13. The van der Waals surface area contributed by atoms with Gasteiger partial charge in [0.05, 0.1) is 18.7 Å². The number of amides is 2. The number of anilines is 1. The van der Waals surface area contributed by atoms with E-state index in [1.54, 1.807) is 14.0 Å². The molecule has 0 saturated carbocycles. The van der Waals surface area contributed by atoms with Crippen LogP contribution in [-0.2, 0) is 16.1 Å². The lowest BCUT2D eigenvalue weighted by molar-refractivity contribution is -0.140. The van der Waals surface area contributed by atoms with E-state index in [0.29, 0.717) is 11.3 Å². The number of rotatable bonds is 6. The summed E-state index contributed by atoms with van der Waals surface area (Å²) in [5, 5.41) is 5.47. The fourth-order valence-electron chi connectivity index (χ4n) is 3.13. The SMILES string of the molecule is COc1ccc(COC(=O)C2=C(C)NC(=O)N[C@@H]2c2ccc(N(C)C)cc2)cc1. The third-order valence-corrected chi connectivity index (χ3v) is 4.76. The van der Waals surface area contributed by atoms with E-state index in [1.807, 2.05) is 67.5 Å². The first-order valence-corrected chi connectivity index (χ1v) is 9.24. The molecule has 1 heterocycles. The molecule has 2 amide bonds. The summed E-state index contributed by atoms with van der Waals surface area (Å²) in [6.45, 7) is 1.82. The monoisotopic (exact) mass is 395 g/mol. The Morgan fingerprint density at radius 3 is 2.31 bits per heavy atom. The molecule has 0 saturated heterocycles. The highest BCUT2D eigenvalue weighted by Crippen LogP contribution is 2.29. The third kappa shape index (κ3) is 4.68. The highest BCUT2D eigenvalue weighted by atomic mass is 16.5. The quantitative estimate of drug-likeness (QED) is 0.735. The summed E-state index contributed by atoms with van der Waals surface area (Å²) >= 11 is 0. The van der Waals surface area contributed by atoms with Crippen LogP contribution >= 0.6 is 0 Å². The minimum absolute atomic E-state index is 0.125. The van der Waals surface area contributed by atoms with E-state index in [-0.39, 0.29) is 12.6 Å². The zero-order chi connectivity index (χ0) is 21.0. The molecule has 3 rings (SSSR count). The zero-order valence-electron chi connectivity index (χ0n) is 17.0. The highest BCUT2D eigenvalue weighted by Gasteiger charge is 2.32. The summed E-state index contributed by atoms with van der Waals surface area (Å²) in [4.78, 5) is 26.9. The smallest absolute Gasteiger partial charge is 0.338 e. The fraction of sp³-hybridized carbons (Fsp3) is 0.273. The van der Waals surface area contributed by atoms with Crippen LogP contribution in [0.5, 0.6) is 5.75 Å². The average molecular weight is 395 g/mol. The molecule has 2 N–H and O–H groups in total. The van der Waals surface area contributed by atoms with Crippen molar-refractivity contribution >= 4 is 17.7 Å². The number of hydrogen-bond acceptors (Lipinski definition) is 5. The van der Waals surface area contributed by atoms with Gasteiger partial charge in [-0.1, -0.05) is 24.3 Å². The van der Waals surface area contributed by atoms with Crippen LogP contribution in [0.15, 0.2) is 59.8 Å². The lowest BCUT2D eigenvalue weighted by Gasteiger charge is -2.28. The molecule has 0 aliphatic carbocycles. The third-order valence-electron chi connectivity index (χ3n) is 4.76. The molecule has 2 aromatic carbocycles. The van der Waals surface area contributed by atoms with Gasteiger partial charge in [0.2, 0.25) is 0 Å². The van der Waals surface area contributed by atoms with Crippen LogP contribution in [0, 0.1) is 0 Å².